The van der Waals surface area contributed by atoms with Crippen LogP contribution in [-0.2, 0) is 16.6 Å². The first-order valence-corrected chi connectivity index (χ1v) is 8.37. The van der Waals surface area contributed by atoms with Crippen molar-refractivity contribution in [2.24, 2.45) is 0 Å². The number of hydrogen-bond donors (Lipinski definition) is 0. The van der Waals surface area contributed by atoms with E-state index < -0.39 is 45.4 Å². The molecule has 0 amide bonds. The van der Waals surface area contributed by atoms with Crippen LogP contribution < -0.4 is 0 Å². The van der Waals surface area contributed by atoms with Crippen molar-refractivity contribution in [3.05, 3.63) is 73.9 Å². The zero-order valence-corrected chi connectivity index (χ0v) is 13.9. The molecule has 0 saturated heterocycles. The van der Waals surface area contributed by atoms with Gasteiger partial charge in [-0.25, -0.2) is 22.0 Å². The summed E-state index contributed by atoms with van der Waals surface area (Å²) in [5.74, 6) is -10.4. The Balaban J connectivity index is 2.25. The van der Waals surface area contributed by atoms with Gasteiger partial charge in [-0.15, -0.1) is 0 Å². The average molecular weight is 401 g/mol. The van der Waals surface area contributed by atoms with Gasteiger partial charge < -0.3 is 0 Å². The molecule has 0 radical (unpaired) electrons. The van der Waals surface area contributed by atoms with Gasteiger partial charge in [0.1, 0.15) is 0 Å². The van der Waals surface area contributed by atoms with Crippen molar-refractivity contribution in [1.82, 2.24) is 0 Å². The van der Waals surface area contributed by atoms with E-state index in [1.54, 1.807) is 6.07 Å². The first kappa shape index (κ1) is 18.9. The van der Waals surface area contributed by atoms with Gasteiger partial charge in [0.15, 0.2) is 23.3 Å². The minimum atomic E-state index is -2.25. The second-order valence-corrected chi connectivity index (χ2v) is 6.70. The van der Waals surface area contributed by atoms with E-state index in [2.05, 4.69) is 0 Å². The third-order valence-electron chi connectivity index (χ3n) is 2.92. The quantitative estimate of drug-likeness (QED) is 0.370. The van der Waals surface area contributed by atoms with Crippen molar-refractivity contribution >= 4 is 40.1 Å². The Labute approximate surface area is 146 Å². The van der Waals surface area contributed by atoms with E-state index in [0.717, 1.165) is 5.41 Å². The number of benzene rings is 2. The molecule has 0 N–H and O–H groups in total. The summed E-state index contributed by atoms with van der Waals surface area (Å²) in [6.45, 7) is 0. The van der Waals surface area contributed by atoms with E-state index in [1.165, 1.54) is 12.1 Å². The maximum atomic E-state index is 13.5. The lowest BCUT2D eigenvalue weighted by Crippen LogP contribution is -2.04. The molecule has 1 nitrogen and oxygen atoms in total. The second-order valence-electron chi connectivity index (χ2n) is 4.56. The fourth-order valence-electron chi connectivity index (χ4n) is 1.75. The average Bonchev–Trinajstić information content (AvgIpc) is 2.54. The summed E-state index contributed by atoms with van der Waals surface area (Å²) >= 11 is 11.5. The highest BCUT2D eigenvalue weighted by molar-refractivity contribution is 7.87. The molecule has 0 fully saturated rings. The van der Waals surface area contributed by atoms with Crippen LogP contribution in [0.1, 0.15) is 11.1 Å². The highest BCUT2D eigenvalue weighted by Crippen LogP contribution is 2.25. The summed E-state index contributed by atoms with van der Waals surface area (Å²) in [6.07, 6.45) is 0.587. The SMILES string of the molecule is O=S(/C=C/c1c(F)c(F)c(F)c(F)c1F)Cc1ccc(Cl)c(Cl)c1. The summed E-state index contributed by atoms with van der Waals surface area (Å²) in [4.78, 5) is 0. The van der Waals surface area contributed by atoms with Gasteiger partial charge in [-0.2, -0.15) is 0 Å². The summed E-state index contributed by atoms with van der Waals surface area (Å²) in [5.41, 5.74) is -0.640. The molecule has 0 bridgehead atoms. The lowest BCUT2D eigenvalue weighted by atomic mass is 10.1. The molecule has 0 saturated carbocycles. The van der Waals surface area contributed by atoms with E-state index >= 15 is 0 Å². The van der Waals surface area contributed by atoms with Crippen LogP contribution in [0.4, 0.5) is 22.0 Å². The van der Waals surface area contributed by atoms with Crippen LogP contribution in [0.2, 0.25) is 10.0 Å². The molecule has 2 aromatic carbocycles. The predicted molar refractivity (Wildman–Crippen MR) is 83.6 cm³/mol. The van der Waals surface area contributed by atoms with Crippen LogP contribution in [-0.4, -0.2) is 4.21 Å². The van der Waals surface area contributed by atoms with Gasteiger partial charge in [0.05, 0.1) is 32.2 Å². The molecule has 2 aromatic rings. The lowest BCUT2D eigenvalue weighted by molar-refractivity contribution is 0.377. The summed E-state index contributed by atoms with van der Waals surface area (Å²) < 4.78 is 77.9. The number of halogens is 7. The van der Waals surface area contributed by atoms with Crippen LogP contribution in [0.15, 0.2) is 23.6 Å². The maximum absolute atomic E-state index is 13.5. The summed E-state index contributed by atoms with van der Waals surface area (Å²) in [5, 5.41) is 1.36. The zero-order valence-electron chi connectivity index (χ0n) is 11.6. The largest absolute Gasteiger partial charge is 0.255 e. The van der Waals surface area contributed by atoms with Crippen LogP contribution in [0.3, 0.4) is 0 Å². The molecule has 0 spiro atoms. The lowest BCUT2D eigenvalue weighted by Gasteiger charge is -2.04. The molecule has 0 heterocycles. The Morgan fingerprint density at radius 1 is 0.875 bits per heavy atom. The van der Waals surface area contributed by atoms with E-state index in [-0.39, 0.29) is 10.8 Å². The topological polar surface area (TPSA) is 17.1 Å². The van der Waals surface area contributed by atoms with Gasteiger partial charge in [-0.1, -0.05) is 29.3 Å². The molecule has 2 rings (SSSR count). The third kappa shape index (κ3) is 3.96. The molecule has 9 heteroatoms. The van der Waals surface area contributed by atoms with Crippen molar-refractivity contribution in [2.45, 2.75) is 5.75 Å². The van der Waals surface area contributed by atoms with Crippen molar-refractivity contribution in [2.75, 3.05) is 0 Å². The molecule has 128 valence electrons. The predicted octanol–water partition coefficient (Wildman–Crippen LogP) is 5.61. The van der Waals surface area contributed by atoms with Crippen molar-refractivity contribution in [3.63, 3.8) is 0 Å². The Kier molecular flexibility index (Phi) is 6.01. The molecule has 1 atom stereocenters. The Hall–Kier alpha value is -1.44. The molecule has 0 aliphatic rings. The highest BCUT2D eigenvalue weighted by Gasteiger charge is 2.24. The molecule has 0 aromatic heterocycles. The molecule has 0 aliphatic carbocycles. The fraction of sp³-hybridized carbons (Fsp3) is 0.0667. The van der Waals surface area contributed by atoms with E-state index in [0.29, 0.717) is 16.7 Å². The Bertz CT molecular complexity index is 825. The van der Waals surface area contributed by atoms with Crippen molar-refractivity contribution < 1.29 is 26.2 Å². The fourth-order valence-corrected chi connectivity index (χ4v) is 2.97. The standard InChI is InChI=1S/C15H7Cl2F5OS/c16-9-2-1-7(5-10(9)17)6-24(23)4-3-8-11(18)13(20)15(22)14(21)12(8)19/h1-5H,6H2/b4-3+. The van der Waals surface area contributed by atoms with E-state index in [1.807, 2.05) is 0 Å². The van der Waals surface area contributed by atoms with Gasteiger partial charge in [0.2, 0.25) is 5.82 Å². The van der Waals surface area contributed by atoms with E-state index in [4.69, 9.17) is 23.2 Å². The summed E-state index contributed by atoms with van der Waals surface area (Å²) in [7, 11) is -1.78. The normalized spacial score (nSPS) is 12.8. The first-order chi connectivity index (χ1) is 11.2. The molecular formula is C15H7Cl2F5OS. The molecular weight excluding hydrogens is 394 g/mol. The van der Waals surface area contributed by atoms with Gasteiger partial charge in [0.25, 0.3) is 0 Å². The second kappa shape index (κ2) is 7.63. The maximum Gasteiger partial charge on any atom is 0.200 e. The third-order valence-corrected chi connectivity index (χ3v) is 4.72. The first-order valence-electron chi connectivity index (χ1n) is 6.23. The molecule has 0 aliphatic heterocycles. The number of hydrogen-bond acceptors (Lipinski definition) is 1. The van der Waals surface area contributed by atoms with Crippen molar-refractivity contribution in [3.8, 4) is 0 Å². The van der Waals surface area contributed by atoms with Gasteiger partial charge >= 0.3 is 0 Å². The smallest absolute Gasteiger partial charge is 0.200 e. The Morgan fingerprint density at radius 3 is 1.96 bits per heavy atom. The molecule has 1 unspecified atom stereocenters. The van der Waals surface area contributed by atoms with Crippen LogP contribution in [0, 0.1) is 29.1 Å². The van der Waals surface area contributed by atoms with E-state index in [9.17, 15) is 26.2 Å². The highest BCUT2D eigenvalue weighted by atomic mass is 35.5. The minimum absolute atomic E-state index is 0.0806. The minimum Gasteiger partial charge on any atom is -0.255 e. The van der Waals surface area contributed by atoms with Gasteiger partial charge in [0, 0.05) is 5.41 Å². The number of rotatable bonds is 4. The van der Waals surface area contributed by atoms with Gasteiger partial charge in [-0.05, 0) is 23.8 Å². The molecule has 24 heavy (non-hydrogen) atoms. The Morgan fingerprint density at radius 2 is 1.42 bits per heavy atom. The van der Waals surface area contributed by atoms with Gasteiger partial charge in [-0.3, -0.25) is 4.21 Å². The van der Waals surface area contributed by atoms with Crippen LogP contribution in [0.5, 0.6) is 0 Å². The summed E-state index contributed by atoms with van der Waals surface area (Å²) in [6, 6.07) is 4.47. The van der Waals surface area contributed by atoms with Crippen molar-refractivity contribution in [1.29, 1.82) is 0 Å². The van der Waals surface area contributed by atoms with Crippen LogP contribution >= 0.6 is 23.2 Å². The monoisotopic (exact) mass is 400 g/mol. The van der Waals surface area contributed by atoms with Crippen LogP contribution in [0.25, 0.3) is 6.08 Å². The zero-order chi connectivity index (χ0) is 18.0.